The van der Waals surface area contributed by atoms with Crippen LogP contribution in [0.4, 0.5) is 0 Å². The van der Waals surface area contributed by atoms with E-state index in [9.17, 15) is 0 Å². The van der Waals surface area contributed by atoms with Gasteiger partial charge in [0.25, 0.3) is 0 Å². The molecule has 0 aromatic heterocycles. The monoisotopic (exact) mass is 546 g/mol. The zero-order valence-electron chi connectivity index (χ0n) is 20.8. The van der Waals surface area contributed by atoms with E-state index in [1.165, 1.54) is 22.3 Å². The average Bonchev–Trinajstić information content (AvgIpc) is 2.90. The fourth-order valence-electron chi connectivity index (χ4n) is 5.49. The molecule has 3 atom stereocenters. The van der Waals surface area contributed by atoms with Crippen LogP contribution in [0.5, 0.6) is 0 Å². The van der Waals surface area contributed by atoms with Crippen LogP contribution < -0.4 is 10.6 Å². The molecule has 0 aliphatic carbocycles. The van der Waals surface area contributed by atoms with Gasteiger partial charge in [0.2, 0.25) is 0 Å². The van der Waals surface area contributed by atoms with Gasteiger partial charge in [0, 0.05) is 68.8 Å². The Bertz CT molecular complexity index is 1060. The lowest BCUT2D eigenvalue weighted by Gasteiger charge is -2.46. The van der Waals surface area contributed by atoms with Crippen molar-refractivity contribution in [2.45, 2.75) is 18.0 Å². The topological polar surface area (TPSA) is 30.5 Å². The second kappa shape index (κ2) is 13.8. The van der Waals surface area contributed by atoms with Gasteiger partial charge in [-0.05, 0) is 41.4 Å². The summed E-state index contributed by atoms with van der Waals surface area (Å²) in [6.07, 6.45) is 0. The molecular formula is C29H37Cl3N4. The van der Waals surface area contributed by atoms with Crippen molar-refractivity contribution in [3.63, 3.8) is 0 Å². The number of nitrogens with zero attached hydrogens (tertiary/aromatic N) is 2. The van der Waals surface area contributed by atoms with Crippen molar-refractivity contribution in [1.29, 1.82) is 0 Å². The summed E-state index contributed by atoms with van der Waals surface area (Å²) >= 11 is 6.06. The number of benzene rings is 3. The third-order valence-corrected chi connectivity index (χ3v) is 7.61. The Hall–Kier alpha value is -1.63. The van der Waals surface area contributed by atoms with Gasteiger partial charge >= 0.3 is 0 Å². The van der Waals surface area contributed by atoms with Gasteiger partial charge in [-0.2, -0.15) is 0 Å². The summed E-state index contributed by atoms with van der Waals surface area (Å²) in [5.74, 6) is 0.452. The second-order valence-electron chi connectivity index (χ2n) is 9.63. The minimum Gasteiger partial charge on any atom is -0.314 e. The number of likely N-dealkylation sites (N-methyl/N-ethyl adjacent to an activating group) is 1. The third-order valence-electron chi connectivity index (χ3n) is 7.36. The predicted octanol–water partition coefficient (Wildman–Crippen LogP) is 5.54. The van der Waals surface area contributed by atoms with Gasteiger partial charge < -0.3 is 15.5 Å². The molecule has 3 aromatic carbocycles. The lowest BCUT2D eigenvalue weighted by atomic mass is 9.80. The molecule has 0 saturated carbocycles. The smallest absolute Gasteiger partial charge is 0.0478 e. The van der Waals surface area contributed by atoms with E-state index in [0.717, 1.165) is 50.8 Å². The van der Waals surface area contributed by atoms with Gasteiger partial charge in [-0.25, -0.2) is 0 Å². The van der Waals surface area contributed by atoms with E-state index in [2.05, 4.69) is 94.2 Å². The summed E-state index contributed by atoms with van der Waals surface area (Å²) in [5.41, 5.74) is 5.74. The van der Waals surface area contributed by atoms with Crippen LogP contribution in [0.3, 0.4) is 0 Å². The van der Waals surface area contributed by atoms with Gasteiger partial charge in [0.15, 0.2) is 0 Å². The Morgan fingerprint density at radius 3 is 2.14 bits per heavy atom. The van der Waals surface area contributed by atoms with Crippen LogP contribution >= 0.6 is 36.4 Å². The van der Waals surface area contributed by atoms with Crippen molar-refractivity contribution in [3.8, 4) is 0 Å². The van der Waals surface area contributed by atoms with E-state index < -0.39 is 0 Å². The van der Waals surface area contributed by atoms with Crippen LogP contribution in [0.15, 0.2) is 78.9 Å². The SMILES string of the molecule is CN1CCN2C[C@@H](c3ccc(Cl)cc3)c3ccccc3[C@@H]2C1.Cl.Cl.c1ccc(C2CNCCN2)cc1. The first-order chi connectivity index (χ1) is 16.7. The molecule has 7 heteroatoms. The van der Waals surface area contributed by atoms with E-state index in [0.29, 0.717) is 18.0 Å². The Balaban J connectivity index is 0.000000221. The van der Waals surface area contributed by atoms with Crippen molar-refractivity contribution < 1.29 is 0 Å². The number of hydrogen-bond donors (Lipinski definition) is 2. The molecule has 6 rings (SSSR count). The maximum absolute atomic E-state index is 6.06. The molecule has 2 saturated heterocycles. The lowest BCUT2D eigenvalue weighted by molar-refractivity contribution is 0.0772. The minimum absolute atomic E-state index is 0. The molecule has 0 amide bonds. The van der Waals surface area contributed by atoms with Crippen molar-refractivity contribution in [3.05, 3.63) is 106 Å². The third kappa shape index (κ3) is 6.81. The van der Waals surface area contributed by atoms with Gasteiger partial charge in [-0.3, -0.25) is 4.90 Å². The van der Waals surface area contributed by atoms with Crippen LogP contribution in [0, 0.1) is 0 Å². The Morgan fingerprint density at radius 1 is 0.750 bits per heavy atom. The van der Waals surface area contributed by atoms with Crippen LogP contribution in [-0.4, -0.2) is 62.7 Å². The van der Waals surface area contributed by atoms with Gasteiger partial charge in [-0.15, -0.1) is 24.8 Å². The van der Waals surface area contributed by atoms with Crippen LogP contribution in [0.2, 0.25) is 5.02 Å². The van der Waals surface area contributed by atoms with Gasteiger partial charge in [0.05, 0.1) is 0 Å². The fourth-order valence-corrected chi connectivity index (χ4v) is 5.62. The van der Waals surface area contributed by atoms with Crippen molar-refractivity contribution in [1.82, 2.24) is 20.4 Å². The number of halogens is 3. The van der Waals surface area contributed by atoms with Gasteiger partial charge in [-0.1, -0.05) is 78.3 Å². The molecule has 1 unspecified atom stereocenters. The standard InChI is InChI=1S/C19H21ClN2.C10H14N2.2ClH/c1-21-10-11-22-12-18(14-6-8-15(20)9-7-14)16-4-2-3-5-17(16)19(22)13-21;1-2-4-9(5-3-1)10-8-11-6-7-12-10;;/h2-9,18-19H,10-13H2,1H3;1-5,10-12H,6-8H2;2*1H/t18-,19-;;;/m0.../s1. The van der Waals surface area contributed by atoms with Crippen molar-refractivity contribution in [2.24, 2.45) is 0 Å². The number of hydrogen-bond acceptors (Lipinski definition) is 4. The highest BCUT2D eigenvalue weighted by atomic mass is 35.5. The summed E-state index contributed by atoms with van der Waals surface area (Å²) in [5, 5.41) is 7.65. The molecule has 194 valence electrons. The maximum Gasteiger partial charge on any atom is 0.0478 e. The van der Waals surface area contributed by atoms with Crippen LogP contribution in [-0.2, 0) is 0 Å². The van der Waals surface area contributed by atoms with Crippen LogP contribution in [0.1, 0.15) is 40.3 Å². The summed E-state index contributed by atoms with van der Waals surface area (Å²) in [6, 6.07) is 29.0. The highest BCUT2D eigenvalue weighted by Crippen LogP contribution is 2.40. The molecule has 36 heavy (non-hydrogen) atoms. The second-order valence-corrected chi connectivity index (χ2v) is 10.1. The lowest BCUT2D eigenvalue weighted by Crippen LogP contribution is -2.50. The number of piperazine rings is 2. The van der Waals surface area contributed by atoms with E-state index in [-0.39, 0.29) is 24.8 Å². The number of rotatable bonds is 2. The average molecular weight is 548 g/mol. The molecule has 2 N–H and O–H groups in total. The summed E-state index contributed by atoms with van der Waals surface area (Å²) in [7, 11) is 2.23. The molecule has 3 aliphatic heterocycles. The molecule has 0 bridgehead atoms. The Labute approximate surface area is 233 Å². The van der Waals surface area contributed by atoms with E-state index >= 15 is 0 Å². The largest absolute Gasteiger partial charge is 0.314 e. The van der Waals surface area contributed by atoms with Crippen LogP contribution in [0.25, 0.3) is 0 Å². The first-order valence-corrected chi connectivity index (χ1v) is 12.8. The molecule has 0 radical (unpaired) electrons. The van der Waals surface area contributed by atoms with Crippen molar-refractivity contribution in [2.75, 3.05) is 52.9 Å². The normalized spacial score (nSPS) is 23.6. The minimum atomic E-state index is 0. The molecule has 0 spiro atoms. The molecular weight excluding hydrogens is 511 g/mol. The first-order valence-electron chi connectivity index (χ1n) is 12.4. The predicted molar refractivity (Wildman–Crippen MR) is 156 cm³/mol. The maximum atomic E-state index is 6.06. The van der Waals surface area contributed by atoms with E-state index in [1.54, 1.807) is 0 Å². The molecule has 3 heterocycles. The zero-order chi connectivity index (χ0) is 23.3. The Kier molecular flexibility index (Phi) is 11.1. The quantitative estimate of drug-likeness (QED) is 0.441. The fraction of sp³-hybridized carbons (Fsp3) is 0.379. The molecule has 3 aliphatic rings. The molecule has 2 fully saturated rings. The van der Waals surface area contributed by atoms with E-state index in [1.807, 2.05) is 12.1 Å². The first kappa shape index (κ1) is 28.9. The summed E-state index contributed by atoms with van der Waals surface area (Å²) in [6.45, 7) is 7.75. The van der Waals surface area contributed by atoms with Gasteiger partial charge in [0.1, 0.15) is 0 Å². The Morgan fingerprint density at radius 2 is 1.44 bits per heavy atom. The van der Waals surface area contributed by atoms with Crippen molar-refractivity contribution >= 4 is 36.4 Å². The number of fused-ring (bicyclic) bond motifs is 3. The number of nitrogens with one attached hydrogen (secondary N) is 2. The summed E-state index contributed by atoms with van der Waals surface area (Å²) in [4.78, 5) is 5.10. The van der Waals surface area contributed by atoms with E-state index in [4.69, 9.17) is 11.6 Å². The zero-order valence-corrected chi connectivity index (χ0v) is 23.2. The molecule has 3 aromatic rings. The highest BCUT2D eigenvalue weighted by molar-refractivity contribution is 6.30. The summed E-state index contributed by atoms with van der Waals surface area (Å²) < 4.78 is 0. The molecule has 4 nitrogen and oxygen atoms in total. The highest BCUT2D eigenvalue weighted by Gasteiger charge is 2.36.